The smallest absolute Gasteiger partial charge is 0.150 e. The third kappa shape index (κ3) is 1.24. The minimum Gasteiger partial charge on any atom is -0.298 e. The number of carbonyl (C=O) groups excluding carboxylic acids is 1. The fraction of sp³-hybridized carbons (Fsp3) is 0.300. The number of hydrogen-bond acceptors (Lipinski definition) is 1. The minimum atomic E-state index is -0.210. The molecule has 2 heteroatoms. The van der Waals surface area contributed by atoms with Gasteiger partial charge in [-0.1, -0.05) is 0 Å². The van der Waals surface area contributed by atoms with Gasteiger partial charge in [0.15, 0.2) is 0 Å². The molecule has 12 heavy (non-hydrogen) atoms. The van der Waals surface area contributed by atoms with Crippen molar-refractivity contribution >= 4 is 6.29 Å². The summed E-state index contributed by atoms with van der Waals surface area (Å²) < 4.78 is 13.2. The summed E-state index contributed by atoms with van der Waals surface area (Å²) in [6.45, 7) is 5.10. The first kappa shape index (κ1) is 8.91. The lowest BCUT2D eigenvalue weighted by molar-refractivity contribution is 0.112. The van der Waals surface area contributed by atoms with E-state index in [9.17, 15) is 9.18 Å². The predicted octanol–water partition coefficient (Wildman–Crippen LogP) is 2.56. The van der Waals surface area contributed by atoms with Gasteiger partial charge < -0.3 is 0 Å². The lowest BCUT2D eigenvalue weighted by atomic mass is 10.0. The number of benzene rings is 1. The van der Waals surface area contributed by atoms with Crippen molar-refractivity contribution in [1.29, 1.82) is 0 Å². The molecule has 0 amide bonds. The molecule has 0 atom stereocenters. The molecule has 0 bridgehead atoms. The van der Waals surface area contributed by atoms with Crippen LogP contribution < -0.4 is 0 Å². The van der Waals surface area contributed by atoms with E-state index in [0.29, 0.717) is 16.7 Å². The lowest BCUT2D eigenvalue weighted by Crippen LogP contribution is -1.97. The third-order valence-electron chi connectivity index (χ3n) is 2.17. The van der Waals surface area contributed by atoms with Crippen LogP contribution in [0.4, 0.5) is 4.39 Å². The summed E-state index contributed by atoms with van der Waals surface area (Å²) in [5, 5.41) is 0. The molecule has 0 saturated carbocycles. The molecule has 0 aliphatic rings. The van der Waals surface area contributed by atoms with Gasteiger partial charge in [-0.25, -0.2) is 4.39 Å². The third-order valence-corrected chi connectivity index (χ3v) is 2.17. The molecule has 0 heterocycles. The van der Waals surface area contributed by atoms with E-state index in [1.807, 2.05) is 0 Å². The monoisotopic (exact) mass is 166 g/mol. The number of carbonyl (C=O) groups is 1. The highest BCUT2D eigenvalue weighted by Gasteiger charge is 2.08. The summed E-state index contributed by atoms with van der Waals surface area (Å²) >= 11 is 0. The van der Waals surface area contributed by atoms with Crippen LogP contribution in [0, 0.1) is 26.6 Å². The van der Waals surface area contributed by atoms with Crippen LogP contribution in [0.2, 0.25) is 0 Å². The Bertz CT molecular complexity index is 329. The van der Waals surface area contributed by atoms with Crippen molar-refractivity contribution in [2.45, 2.75) is 20.8 Å². The first-order chi connectivity index (χ1) is 5.57. The molecule has 0 aromatic heterocycles. The largest absolute Gasteiger partial charge is 0.298 e. The highest BCUT2D eigenvalue weighted by atomic mass is 19.1. The molecule has 0 unspecified atom stereocenters. The number of aldehydes is 1. The first-order valence-electron chi connectivity index (χ1n) is 3.79. The van der Waals surface area contributed by atoms with E-state index in [1.54, 1.807) is 26.8 Å². The van der Waals surface area contributed by atoms with Crippen LogP contribution >= 0.6 is 0 Å². The van der Waals surface area contributed by atoms with Crippen molar-refractivity contribution in [3.8, 4) is 0 Å². The van der Waals surface area contributed by atoms with Gasteiger partial charge in [-0.2, -0.15) is 0 Å². The summed E-state index contributed by atoms with van der Waals surface area (Å²) in [6, 6.07) is 1.57. The fourth-order valence-corrected chi connectivity index (χ4v) is 1.20. The molecule has 0 fully saturated rings. The second kappa shape index (κ2) is 3.05. The van der Waals surface area contributed by atoms with Gasteiger partial charge in [0.05, 0.1) is 0 Å². The molecule has 64 valence electrons. The van der Waals surface area contributed by atoms with Gasteiger partial charge in [0, 0.05) is 5.56 Å². The van der Waals surface area contributed by atoms with E-state index in [2.05, 4.69) is 0 Å². The predicted molar refractivity (Wildman–Crippen MR) is 46.0 cm³/mol. The molecule has 0 spiro atoms. The molecule has 1 nitrogen and oxygen atoms in total. The van der Waals surface area contributed by atoms with E-state index in [4.69, 9.17) is 0 Å². The zero-order valence-corrected chi connectivity index (χ0v) is 7.44. The van der Waals surface area contributed by atoms with Gasteiger partial charge >= 0.3 is 0 Å². The van der Waals surface area contributed by atoms with Crippen molar-refractivity contribution in [3.63, 3.8) is 0 Å². The molecule has 1 rings (SSSR count). The average molecular weight is 166 g/mol. The Labute approximate surface area is 71.2 Å². The lowest BCUT2D eigenvalue weighted by Gasteiger charge is -2.06. The van der Waals surface area contributed by atoms with Crippen molar-refractivity contribution in [2.75, 3.05) is 0 Å². The first-order valence-corrected chi connectivity index (χ1v) is 3.79. The average Bonchev–Trinajstić information content (AvgIpc) is 2.08. The molecule has 1 aromatic carbocycles. The van der Waals surface area contributed by atoms with Crippen molar-refractivity contribution in [2.24, 2.45) is 0 Å². The molecule has 1 aromatic rings. The highest BCUT2D eigenvalue weighted by Crippen LogP contribution is 2.18. The molecular formula is C10H11FO. The maximum absolute atomic E-state index is 13.2. The van der Waals surface area contributed by atoms with E-state index in [-0.39, 0.29) is 5.82 Å². The normalized spacial score (nSPS) is 10.0. The van der Waals surface area contributed by atoms with E-state index < -0.39 is 0 Å². The zero-order chi connectivity index (χ0) is 9.30. The zero-order valence-electron chi connectivity index (χ0n) is 7.44. The second-order valence-electron chi connectivity index (χ2n) is 2.96. The van der Waals surface area contributed by atoms with Gasteiger partial charge in [-0.05, 0) is 43.5 Å². The van der Waals surface area contributed by atoms with Crippen molar-refractivity contribution in [3.05, 3.63) is 34.1 Å². The minimum absolute atomic E-state index is 0.210. The molecule has 0 N–H and O–H groups in total. The van der Waals surface area contributed by atoms with E-state index >= 15 is 0 Å². The van der Waals surface area contributed by atoms with Crippen molar-refractivity contribution < 1.29 is 9.18 Å². The SMILES string of the molecule is Cc1cc(C=O)c(C)c(C)c1F. The van der Waals surface area contributed by atoms with Gasteiger partial charge in [0.1, 0.15) is 12.1 Å². The van der Waals surface area contributed by atoms with Crippen LogP contribution in [-0.2, 0) is 0 Å². The van der Waals surface area contributed by atoms with Gasteiger partial charge in [0.25, 0.3) is 0 Å². The molecular weight excluding hydrogens is 155 g/mol. The number of hydrogen-bond donors (Lipinski definition) is 0. The van der Waals surface area contributed by atoms with Gasteiger partial charge in [0.2, 0.25) is 0 Å². The second-order valence-corrected chi connectivity index (χ2v) is 2.96. The maximum atomic E-state index is 13.2. The van der Waals surface area contributed by atoms with Crippen LogP contribution in [0.1, 0.15) is 27.0 Å². The summed E-state index contributed by atoms with van der Waals surface area (Å²) in [5.74, 6) is -0.210. The Morgan fingerprint density at radius 1 is 1.25 bits per heavy atom. The molecule has 0 saturated heterocycles. The van der Waals surface area contributed by atoms with Crippen LogP contribution in [-0.4, -0.2) is 6.29 Å². The maximum Gasteiger partial charge on any atom is 0.150 e. The Morgan fingerprint density at radius 2 is 1.83 bits per heavy atom. The quantitative estimate of drug-likeness (QED) is 0.586. The topological polar surface area (TPSA) is 17.1 Å². The standard InChI is InChI=1S/C10H11FO/c1-6-4-9(5-12)7(2)8(3)10(6)11/h4-5H,1-3H3. The van der Waals surface area contributed by atoms with Crippen LogP contribution in [0.5, 0.6) is 0 Å². The van der Waals surface area contributed by atoms with Gasteiger partial charge in [-0.15, -0.1) is 0 Å². The highest BCUT2D eigenvalue weighted by molar-refractivity contribution is 5.78. The summed E-state index contributed by atoms with van der Waals surface area (Å²) in [5.41, 5.74) is 2.40. The van der Waals surface area contributed by atoms with E-state index in [1.165, 1.54) is 0 Å². The molecule has 0 aliphatic heterocycles. The molecule has 0 radical (unpaired) electrons. The number of aryl methyl sites for hydroxylation is 1. The van der Waals surface area contributed by atoms with E-state index in [0.717, 1.165) is 11.8 Å². The van der Waals surface area contributed by atoms with Crippen molar-refractivity contribution in [1.82, 2.24) is 0 Å². The Morgan fingerprint density at radius 3 is 2.33 bits per heavy atom. The Kier molecular flexibility index (Phi) is 2.27. The summed E-state index contributed by atoms with van der Waals surface area (Å²) in [6.07, 6.45) is 0.759. The van der Waals surface area contributed by atoms with Crippen LogP contribution in [0.25, 0.3) is 0 Å². The molecule has 0 aliphatic carbocycles. The summed E-state index contributed by atoms with van der Waals surface area (Å²) in [7, 11) is 0. The Hall–Kier alpha value is -1.18. The Balaban J connectivity index is 3.49. The summed E-state index contributed by atoms with van der Waals surface area (Å²) in [4.78, 5) is 10.5. The van der Waals surface area contributed by atoms with Crippen LogP contribution in [0.3, 0.4) is 0 Å². The van der Waals surface area contributed by atoms with Gasteiger partial charge in [-0.3, -0.25) is 4.79 Å². The fourth-order valence-electron chi connectivity index (χ4n) is 1.20. The number of rotatable bonds is 1. The van der Waals surface area contributed by atoms with Crippen LogP contribution in [0.15, 0.2) is 6.07 Å². The number of halogens is 1.